The van der Waals surface area contributed by atoms with E-state index in [0.717, 1.165) is 16.0 Å². The molecule has 4 aromatic heterocycles. The van der Waals surface area contributed by atoms with Crippen LogP contribution in [-0.4, -0.2) is 43.7 Å². The van der Waals surface area contributed by atoms with E-state index in [1.54, 1.807) is 6.07 Å². The van der Waals surface area contributed by atoms with Gasteiger partial charge in [0.15, 0.2) is 0 Å². The van der Waals surface area contributed by atoms with Crippen LogP contribution >= 0.6 is 11.3 Å². The number of fused-ring (bicyclic) bond motifs is 3. The van der Waals surface area contributed by atoms with Gasteiger partial charge in [0.2, 0.25) is 5.88 Å². The van der Waals surface area contributed by atoms with Crippen molar-refractivity contribution in [3.63, 3.8) is 0 Å². The second-order valence-corrected chi connectivity index (χ2v) is 6.35. The highest BCUT2D eigenvalue weighted by atomic mass is 32.1. The Bertz CT molecular complexity index is 1120. The number of aromatic hydroxyl groups is 1. The van der Waals surface area contributed by atoms with Crippen LogP contribution in [0.15, 0.2) is 35.8 Å². The van der Waals surface area contributed by atoms with Gasteiger partial charge in [-0.15, -0.1) is 11.3 Å². The van der Waals surface area contributed by atoms with Crippen LogP contribution in [0.3, 0.4) is 0 Å². The molecule has 0 aliphatic carbocycles. The number of rotatable bonds is 2. The third kappa shape index (κ3) is 2.09. The highest BCUT2D eigenvalue weighted by molar-refractivity contribution is 7.25. The summed E-state index contributed by atoms with van der Waals surface area (Å²) in [6, 6.07) is 3.03. The molecule has 1 N–H and O–H groups in total. The molecule has 0 fully saturated rings. The Morgan fingerprint density at radius 3 is 2.71 bits per heavy atom. The van der Waals surface area contributed by atoms with Crippen LogP contribution in [0, 0.1) is 0 Å². The van der Waals surface area contributed by atoms with E-state index in [9.17, 15) is 9.90 Å². The predicted octanol–water partition coefficient (Wildman–Crippen LogP) is 1.56. The van der Waals surface area contributed by atoms with Crippen LogP contribution in [0.1, 0.15) is 0 Å². The summed E-state index contributed by atoms with van der Waals surface area (Å²) in [5.74, 6) is 0.621. The first-order chi connectivity index (χ1) is 11.6. The molecule has 0 aliphatic rings. The zero-order valence-corrected chi connectivity index (χ0v) is 13.7. The first-order valence-electron chi connectivity index (χ1n) is 7.04. The molecule has 0 unspecified atom stereocenters. The third-order valence-electron chi connectivity index (χ3n) is 3.59. The Morgan fingerprint density at radius 2 is 2.00 bits per heavy atom. The van der Waals surface area contributed by atoms with E-state index in [1.165, 1.54) is 40.8 Å². The topological polar surface area (TPSA) is 97.0 Å². The molecule has 4 heterocycles. The second-order valence-electron chi connectivity index (χ2n) is 5.35. The van der Waals surface area contributed by atoms with Crippen molar-refractivity contribution in [1.29, 1.82) is 0 Å². The van der Waals surface area contributed by atoms with Crippen LogP contribution in [0.5, 0.6) is 5.88 Å². The molecule has 4 aromatic rings. The van der Waals surface area contributed by atoms with E-state index < -0.39 is 0 Å². The Balaban J connectivity index is 2.04. The third-order valence-corrected chi connectivity index (χ3v) is 4.67. The fraction of sp³-hybridized carbons (Fsp3) is 0.133. The fourth-order valence-corrected chi connectivity index (χ4v) is 3.51. The number of nitrogens with zero attached hydrogens (tertiary/aromatic N) is 6. The van der Waals surface area contributed by atoms with E-state index in [1.807, 2.05) is 19.0 Å². The lowest BCUT2D eigenvalue weighted by molar-refractivity contribution is 0.453. The summed E-state index contributed by atoms with van der Waals surface area (Å²) < 4.78 is 1.90. The van der Waals surface area contributed by atoms with Crippen LogP contribution in [0.25, 0.3) is 26.1 Å². The number of hydrogen-bond donors (Lipinski definition) is 1. The smallest absolute Gasteiger partial charge is 0.276 e. The number of pyridine rings is 1. The normalized spacial score (nSPS) is 11.2. The molecule has 0 amide bonds. The van der Waals surface area contributed by atoms with Crippen molar-refractivity contribution in [3.05, 3.63) is 41.3 Å². The van der Waals surface area contributed by atoms with Gasteiger partial charge >= 0.3 is 0 Å². The van der Waals surface area contributed by atoms with Gasteiger partial charge in [0.05, 0.1) is 17.3 Å². The van der Waals surface area contributed by atoms with Crippen molar-refractivity contribution < 1.29 is 5.11 Å². The standard InChI is InChI=1S/C15H12N6O2S/c1-20(2)13-10-11-12(24-14(10)18-6-17-13)15(23)21(7-19-11)8-3-4-9(22)16-5-8/h3-7H,1-2H3,(H,16,22). The van der Waals surface area contributed by atoms with Crippen molar-refractivity contribution >= 4 is 37.6 Å². The Labute approximate surface area is 139 Å². The summed E-state index contributed by atoms with van der Waals surface area (Å²) in [4.78, 5) is 32.2. The van der Waals surface area contributed by atoms with Crippen LogP contribution in [0.4, 0.5) is 5.82 Å². The molecular formula is C15H12N6O2S. The quantitative estimate of drug-likeness (QED) is 0.591. The average Bonchev–Trinajstić information content (AvgIpc) is 2.96. The predicted molar refractivity (Wildman–Crippen MR) is 92.1 cm³/mol. The number of aromatic nitrogens is 5. The molecular weight excluding hydrogens is 328 g/mol. The zero-order valence-electron chi connectivity index (χ0n) is 12.8. The maximum absolute atomic E-state index is 12.8. The molecule has 0 atom stereocenters. The van der Waals surface area contributed by atoms with E-state index in [4.69, 9.17) is 0 Å². The SMILES string of the molecule is CN(C)c1ncnc2sc3c(=O)n(-c4ccc(O)nc4)cnc3c12. The summed E-state index contributed by atoms with van der Waals surface area (Å²) in [6.07, 6.45) is 4.36. The highest BCUT2D eigenvalue weighted by Crippen LogP contribution is 2.33. The minimum atomic E-state index is -0.208. The summed E-state index contributed by atoms with van der Waals surface area (Å²) in [6.45, 7) is 0. The molecule has 0 aromatic carbocycles. The lowest BCUT2D eigenvalue weighted by Crippen LogP contribution is -2.18. The minimum absolute atomic E-state index is 0.103. The summed E-state index contributed by atoms with van der Waals surface area (Å²) in [5.41, 5.74) is 0.913. The molecule has 0 aliphatic heterocycles. The zero-order chi connectivity index (χ0) is 16.8. The monoisotopic (exact) mass is 340 g/mol. The van der Waals surface area contributed by atoms with Gasteiger partial charge in [0.1, 0.15) is 33.5 Å². The lowest BCUT2D eigenvalue weighted by atomic mass is 10.3. The molecule has 0 bridgehead atoms. The van der Waals surface area contributed by atoms with E-state index in [2.05, 4.69) is 19.9 Å². The highest BCUT2D eigenvalue weighted by Gasteiger charge is 2.17. The fourth-order valence-electron chi connectivity index (χ4n) is 2.49. The van der Waals surface area contributed by atoms with Gasteiger partial charge in [-0.05, 0) is 6.07 Å². The molecule has 0 saturated heterocycles. The number of hydrogen-bond acceptors (Lipinski definition) is 8. The van der Waals surface area contributed by atoms with Gasteiger partial charge < -0.3 is 10.0 Å². The molecule has 8 nitrogen and oxygen atoms in total. The van der Waals surface area contributed by atoms with Gasteiger partial charge in [-0.2, -0.15) is 0 Å². The molecule has 120 valence electrons. The van der Waals surface area contributed by atoms with E-state index >= 15 is 0 Å². The molecule has 0 spiro atoms. The van der Waals surface area contributed by atoms with Crippen molar-refractivity contribution in [2.45, 2.75) is 0 Å². The molecule has 4 rings (SSSR count). The van der Waals surface area contributed by atoms with Crippen molar-refractivity contribution in [2.24, 2.45) is 0 Å². The minimum Gasteiger partial charge on any atom is -0.493 e. The lowest BCUT2D eigenvalue weighted by Gasteiger charge is -2.11. The second kappa shape index (κ2) is 5.24. The maximum Gasteiger partial charge on any atom is 0.276 e. The van der Waals surface area contributed by atoms with Gasteiger partial charge in [0.25, 0.3) is 5.56 Å². The summed E-state index contributed by atoms with van der Waals surface area (Å²) in [7, 11) is 3.77. The van der Waals surface area contributed by atoms with Gasteiger partial charge in [-0.1, -0.05) is 0 Å². The summed E-state index contributed by atoms with van der Waals surface area (Å²) in [5, 5.41) is 10.1. The largest absolute Gasteiger partial charge is 0.493 e. The Hall–Kier alpha value is -3.07. The maximum atomic E-state index is 12.8. The Kier molecular flexibility index (Phi) is 3.17. The first kappa shape index (κ1) is 14.5. The van der Waals surface area contributed by atoms with E-state index in [-0.39, 0.29) is 11.4 Å². The average molecular weight is 340 g/mol. The summed E-state index contributed by atoms with van der Waals surface area (Å²) >= 11 is 1.29. The molecule has 9 heteroatoms. The van der Waals surface area contributed by atoms with Crippen molar-refractivity contribution in [3.8, 4) is 11.6 Å². The van der Waals surface area contributed by atoms with Crippen LogP contribution < -0.4 is 10.5 Å². The van der Waals surface area contributed by atoms with E-state index in [0.29, 0.717) is 15.9 Å². The number of anilines is 1. The van der Waals surface area contributed by atoms with Gasteiger partial charge in [0, 0.05) is 20.2 Å². The Morgan fingerprint density at radius 1 is 1.17 bits per heavy atom. The first-order valence-corrected chi connectivity index (χ1v) is 7.85. The van der Waals surface area contributed by atoms with Gasteiger partial charge in [-0.3, -0.25) is 9.36 Å². The molecule has 0 radical (unpaired) electrons. The van der Waals surface area contributed by atoms with Crippen molar-refractivity contribution in [2.75, 3.05) is 19.0 Å². The van der Waals surface area contributed by atoms with Crippen LogP contribution in [0.2, 0.25) is 0 Å². The number of thiophene rings is 1. The molecule has 0 saturated carbocycles. The van der Waals surface area contributed by atoms with Crippen LogP contribution in [-0.2, 0) is 0 Å². The van der Waals surface area contributed by atoms with Crippen molar-refractivity contribution in [1.82, 2.24) is 24.5 Å². The van der Waals surface area contributed by atoms with Gasteiger partial charge in [-0.25, -0.2) is 19.9 Å². The molecule has 24 heavy (non-hydrogen) atoms.